The highest BCUT2D eigenvalue weighted by Crippen LogP contribution is 2.23. The summed E-state index contributed by atoms with van der Waals surface area (Å²) in [5.74, 6) is 0.817. The van der Waals surface area contributed by atoms with E-state index < -0.39 is 21.3 Å². The molecule has 0 radical (unpaired) electrons. The quantitative estimate of drug-likeness (QED) is 0.885. The second-order valence-corrected chi connectivity index (χ2v) is 8.13. The number of sulfone groups is 1. The molecule has 5 nitrogen and oxygen atoms in total. The van der Waals surface area contributed by atoms with E-state index in [0.29, 0.717) is 17.9 Å². The van der Waals surface area contributed by atoms with Gasteiger partial charge in [-0.15, -0.1) is 0 Å². The summed E-state index contributed by atoms with van der Waals surface area (Å²) in [5, 5.41) is -0.775. The van der Waals surface area contributed by atoms with Crippen LogP contribution < -0.4 is 5.73 Å². The molecule has 1 amide bonds. The molecule has 2 rings (SSSR count). The van der Waals surface area contributed by atoms with Crippen LogP contribution in [-0.2, 0) is 14.6 Å². The van der Waals surface area contributed by atoms with Crippen LogP contribution in [0.1, 0.15) is 11.6 Å². The number of rotatable bonds is 3. The maximum Gasteiger partial charge on any atom is 0.245 e. The lowest BCUT2D eigenvalue weighted by molar-refractivity contribution is -0.133. The summed E-state index contributed by atoms with van der Waals surface area (Å²) in [4.78, 5) is 13.9. The third-order valence-electron chi connectivity index (χ3n) is 3.29. The number of nitrogens with two attached hydrogens (primary N) is 1. The lowest BCUT2D eigenvalue weighted by atomic mass is 10.1. The zero-order valence-corrected chi connectivity index (χ0v) is 12.9. The Labute approximate surface area is 123 Å². The van der Waals surface area contributed by atoms with Gasteiger partial charge in [0.1, 0.15) is 11.4 Å². The maximum absolute atomic E-state index is 12.5. The zero-order chi connectivity index (χ0) is 14.8. The number of hydrogen-bond donors (Lipinski definition) is 1. The second kappa shape index (κ2) is 6.15. The van der Waals surface area contributed by atoms with Crippen LogP contribution in [0.15, 0.2) is 30.3 Å². The molecular weight excluding hydrogens is 296 g/mol. The van der Waals surface area contributed by atoms with Crippen molar-refractivity contribution in [2.24, 2.45) is 5.73 Å². The van der Waals surface area contributed by atoms with Gasteiger partial charge in [-0.3, -0.25) is 4.79 Å². The molecule has 1 unspecified atom stereocenters. The Kier molecular flexibility index (Phi) is 4.72. The van der Waals surface area contributed by atoms with Crippen molar-refractivity contribution in [1.29, 1.82) is 0 Å². The Bertz CT molecular complexity index is 575. The number of hydrogen-bond acceptors (Lipinski definition) is 5. The van der Waals surface area contributed by atoms with Crippen molar-refractivity contribution in [3.05, 3.63) is 35.9 Å². The summed E-state index contributed by atoms with van der Waals surface area (Å²) in [6, 6.07) is 8.19. The first-order valence-corrected chi connectivity index (χ1v) is 9.40. The predicted molar refractivity (Wildman–Crippen MR) is 81.0 cm³/mol. The summed E-state index contributed by atoms with van der Waals surface area (Å²) in [7, 11) is -3.31. The first-order chi connectivity index (χ1) is 9.41. The van der Waals surface area contributed by atoms with Crippen LogP contribution in [0.2, 0.25) is 0 Å². The van der Waals surface area contributed by atoms with Gasteiger partial charge in [-0.2, -0.15) is 11.8 Å². The molecule has 20 heavy (non-hydrogen) atoms. The van der Waals surface area contributed by atoms with E-state index in [9.17, 15) is 13.2 Å². The first kappa shape index (κ1) is 15.3. The Morgan fingerprint density at radius 2 is 2.05 bits per heavy atom. The van der Waals surface area contributed by atoms with Crippen LogP contribution in [0, 0.1) is 0 Å². The van der Waals surface area contributed by atoms with Crippen molar-refractivity contribution < 1.29 is 13.2 Å². The highest BCUT2D eigenvalue weighted by atomic mass is 32.2. The topological polar surface area (TPSA) is 80.5 Å². The van der Waals surface area contributed by atoms with Gasteiger partial charge in [0.2, 0.25) is 5.91 Å². The van der Waals surface area contributed by atoms with Crippen molar-refractivity contribution in [2.75, 3.05) is 24.3 Å². The van der Waals surface area contributed by atoms with Crippen LogP contribution >= 0.6 is 11.8 Å². The molecule has 0 bridgehead atoms. The van der Waals surface area contributed by atoms with Gasteiger partial charge < -0.3 is 10.6 Å². The van der Waals surface area contributed by atoms with Gasteiger partial charge in [0.15, 0.2) is 9.84 Å². The van der Waals surface area contributed by atoms with Crippen molar-refractivity contribution in [1.82, 2.24) is 4.90 Å². The highest BCUT2D eigenvalue weighted by Gasteiger charge is 2.36. The minimum atomic E-state index is -3.31. The van der Waals surface area contributed by atoms with E-state index in [-0.39, 0.29) is 5.91 Å². The normalized spacial score (nSPS) is 21.5. The van der Waals surface area contributed by atoms with E-state index >= 15 is 0 Å². The van der Waals surface area contributed by atoms with E-state index in [1.807, 2.05) is 18.2 Å². The molecule has 1 fully saturated rings. The fourth-order valence-electron chi connectivity index (χ4n) is 2.17. The monoisotopic (exact) mass is 314 g/mol. The van der Waals surface area contributed by atoms with Crippen LogP contribution in [0.25, 0.3) is 0 Å². The Morgan fingerprint density at radius 3 is 2.65 bits per heavy atom. The molecule has 1 aliphatic heterocycles. The fourth-order valence-corrected chi connectivity index (χ4v) is 4.99. The number of amides is 1. The SMILES string of the molecule is CS(=O)(=O)C1CSCCN1C(=O)[C@H](N)c1ccccc1. The summed E-state index contributed by atoms with van der Waals surface area (Å²) in [6.07, 6.45) is 1.16. The molecule has 2 atom stereocenters. The van der Waals surface area contributed by atoms with E-state index in [1.54, 1.807) is 23.9 Å². The molecule has 1 aromatic carbocycles. The number of carbonyl (C=O) groups is 1. The van der Waals surface area contributed by atoms with Crippen LogP contribution in [0.3, 0.4) is 0 Å². The molecule has 0 spiro atoms. The average Bonchev–Trinajstić information content (AvgIpc) is 2.46. The Morgan fingerprint density at radius 1 is 1.40 bits per heavy atom. The lowest BCUT2D eigenvalue weighted by Gasteiger charge is -2.35. The summed E-state index contributed by atoms with van der Waals surface area (Å²) >= 11 is 1.54. The predicted octanol–water partition coefficient (Wildman–Crippen LogP) is 0.633. The molecule has 1 aromatic rings. The van der Waals surface area contributed by atoms with E-state index in [0.717, 1.165) is 12.0 Å². The largest absolute Gasteiger partial charge is 0.322 e. The maximum atomic E-state index is 12.5. The zero-order valence-electron chi connectivity index (χ0n) is 11.2. The van der Waals surface area contributed by atoms with E-state index in [4.69, 9.17) is 5.73 Å². The standard InChI is InChI=1S/C13H18N2O3S2/c1-20(17,18)11-9-19-8-7-15(11)13(16)12(14)10-5-3-2-4-6-10/h2-6,11-12H,7-9,14H2,1H3/t11?,12-/m1/s1. The van der Waals surface area contributed by atoms with Gasteiger partial charge in [-0.1, -0.05) is 30.3 Å². The van der Waals surface area contributed by atoms with Crippen molar-refractivity contribution in [3.63, 3.8) is 0 Å². The lowest BCUT2D eigenvalue weighted by Crippen LogP contribution is -2.52. The van der Waals surface area contributed by atoms with E-state index in [2.05, 4.69) is 0 Å². The minimum Gasteiger partial charge on any atom is -0.322 e. The van der Waals surface area contributed by atoms with E-state index in [1.165, 1.54) is 4.90 Å². The van der Waals surface area contributed by atoms with Crippen LogP contribution in [0.5, 0.6) is 0 Å². The molecule has 7 heteroatoms. The number of benzene rings is 1. The van der Waals surface area contributed by atoms with Gasteiger partial charge in [0, 0.05) is 24.3 Å². The summed E-state index contributed by atoms with van der Waals surface area (Å²) in [6.45, 7) is 0.418. The molecule has 2 N–H and O–H groups in total. The summed E-state index contributed by atoms with van der Waals surface area (Å²) in [5.41, 5.74) is 6.68. The van der Waals surface area contributed by atoms with Crippen molar-refractivity contribution in [2.45, 2.75) is 11.4 Å². The molecule has 0 saturated carbocycles. The third kappa shape index (κ3) is 3.34. The fraction of sp³-hybridized carbons (Fsp3) is 0.462. The highest BCUT2D eigenvalue weighted by molar-refractivity contribution is 8.00. The Hall–Kier alpha value is -1.05. The third-order valence-corrected chi connectivity index (χ3v) is 5.93. The number of carbonyl (C=O) groups excluding carboxylic acids is 1. The minimum absolute atomic E-state index is 0.327. The number of thioether (sulfide) groups is 1. The van der Waals surface area contributed by atoms with Gasteiger partial charge >= 0.3 is 0 Å². The molecule has 1 saturated heterocycles. The average molecular weight is 314 g/mol. The number of nitrogens with zero attached hydrogens (tertiary/aromatic N) is 1. The molecule has 0 aromatic heterocycles. The van der Waals surface area contributed by atoms with Gasteiger partial charge in [0.25, 0.3) is 0 Å². The van der Waals surface area contributed by atoms with Gasteiger partial charge in [0.05, 0.1) is 0 Å². The Balaban J connectivity index is 2.22. The first-order valence-electron chi connectivity index (χ1n) is 6.29. The molecule has 1 aliphatic rings. The second-order valence-electron chi connectivity index (χ2n) is 4.78. The van der Waals surface area contributed by atoms with Crippen LogP contribution in [0.4, 0.5) is 0 Å². The smallest absolute Gasteiger partial charge is 0.245 e. The summed E-state index contributed by atoms with van der Waals surface area (Å²) < 4.78 is 23.6. The van der Waals surface area contributed by atoms with Crippen molar-refractivity contribution >= 4 is 27.5 Å². The van der Waals surface area contributed by atoms with Crippen LogP contribution in [-0.4, -0.2) is 48.9 Å². The van der Waals surface area contributed by atoms with Gasteiger partial charge in [-0.05, 0) is 5.56 Å². The molecule has 0 aliphatic carbocycles. The van der Waals surface area contributed by atoms with Gasteiger partial charge in [-0.25, -0.2) is 8.42 Å². The molecule has 110 valence electrons. The van der Waals surface area contributed by atoms with Crippen molar-refractivity contribution in [3.8, 4) is 0 Å². The molecule has 1 heterocycles. The molecular formula is C13H18N2O3S2.